The lowest BCUT2D eigenvalue weighted by Crippen LogP contribution is -2.14. The van der Waals surface area contributed by atoms with E-state index in [1.807, 2.05) is 63.2 Å². The number of nitrogens with zero attached hydrogens (tertiary/aromatic N) is 2. The maximum atomic E-state index is 12.2. The number of aromatic nitrogens is 2. The van der Waals surface area contributed by atoms with Gasteiger partial charge in [-0.2, -0.15) is 0 Å². The zero-order valence-electron chi connectivity index (χ0n) is 15.5. The summed E-state index contributed by atoms with van der Waals surface area (Å²) in [5.41, 5.74) is 3.97. The highest BCUT2D eigenvalue weighted by Crippen LogP contribution is 2.21. The Morgan fingerprint density at radius 3 is 2.74 bits per heavy atom. The quantitative estimate of drug-likeness (QED) is 0.613. The van der Waals surface area contributed by atoms with Crippen molar-refractivity contribution in [3.05, 3.63) is 65.0 Å². The van der Waals surface area contributed by atoms with Gasteiger partial charge in [-0.15, -0.1) is 10.2 Å². The van der Waals surface area contributed by atoms with E-state index in [0.717, 1.165) is 28.1 Å². The van der Waals surface area contributed by atoms with Crippen LogP contribution in [-0.4, -0.2) is 21.9 Å². The van der Waals surface area contributed by atoms with Crippen molar-refractivity contribution in [1.29, 1.82) is 0 Å². The van der Waals surface area contributed by atoms with E-state index in [2.05, 4.69) is 15.5 Å². The Balaban J connectivity index is 1.50. The van der Waals surface area contributed by atoms with Gasteiger partial charge >= 0.3 is 0 Å². The first-order valence-electron chi connectivity index (χ1n) is 8.52. The number of carbonyl (C=O) groups is 1. The molecule has 3 aromatic rings. The molecule has 0 unspecified atom stereocenters. The number of aryl methyl sites for hydroxylation is 3. The van der Waals surface area contributed by atoms with Gasteiger partial charge in [-0.1, -0.05) is 42.1 Å². The number of ether oxygens (including phenoxy) is 1. The lowest BCUT2D eigenvalue weighted by molar-refractivity contribution is -0.113. The Labute approximate surface area is 162 Å². The second-order valence-electron chi connectivity index (χ2n) is 6.17. The predicted octanol–water partition coefficient (Wildman–Crippen LogP) is 4.30. The van der Waals surface area contributed by atoms with Crippen LogP contribution in [0.2, 0.25) is 0 Å². The maximum Gasteiger partial charge on any atom is 0.277 e. The van der Waals surface area contributed by atoms with E-state index in [0.29, 0.717) is 11.1 Å². The number of nitrogens with one attached hydrogen (secondary N) is 1. The van der Waals surface area contributed by atoms with E-state index in [-0.39, 0.29) is 18.3 Å². The van der Waals surface area contributed by atoms with Gasteiger partial charge in [0.25, 0.3) is 11.1 Å². The molecule has 0 saturated carbocycles. The third-order valence-corrected chi connectivity index (χ3v) is 4.71. The van der Waals surface area contributed by atoms with Crippen LogP contribution in [0.5, 0.6) is 5.75 Å². The summed E-state index contributed by atoms with van der Waals surface area (Å²) in [6.07, 6.45) is 0. The molecule has 1 aromatic heterocycles. The molecule has 0 bridgehead atoms. The topological polar surface area (TPSA) is 77.2 Å². The van der Waals surface area contributed by atoms with Gasteiger partial charge in [0, 0.05) is 5.69 Å². The summed E-state index contributed by atoms with van der Waals surface area (Å²) in [4.78, 5) is 12.2. The number of anilines is 1. The standard InChI is InChI=1S/C20H21N3O3S/c1-13-8-9-14(2)16(10-13)21-18(24)12-27-20-23-22-19(26-20)11-25-17-7-5-4-6-15(17)3/h4-10H,11-12H2,1-3H3,(H,21,24). The second kappa shape index (κ2) is 8.73. The number of amides is 1. The van der Waals surface area contributed by atoms with Crippen molar-refractivity contribution in [3.8, 4) is 5.75 Å². The zero-order valence-corrected chi connectivity index (χ0v) is 16.3. The lowest BCUT2D eigenvalue weighted by Gasteiger charge is -2.08. The monoisotopic (exact) mass is 383 g/mol. The van der Waals surface area contributed by atoms with Crippen LogP contribution in [0.4, 0.5) is 5.69 Å². The Bertz CT molecular complexity index is 940. The summed E-state index contributed by atoms with van der Waals surface area (Å²) in [7, 11) is 0. The molecule has 0 aliphatic heterocycles. The molecule has 3 rings (SSSR count). The summed E-state index contributed by atoms with van der Waals surface area (Å²) in [6, 6.07) is 13.7. The van der Waals surface area contributed by atoms with E-state index in [9.17, 15) is 4.79 Å². The van der Waals surface area contributed by atoms with E-state index >= 15 is 0 Å². The van der Waals surface area contributed by atoms with E-state index in [1.165, 1.54) is 11.8 Å². The molecule has 0 atom stereocenters. The van der Waals surface area contributed by atoms with Crippen molar-refractivity contribution < 1.29 is 13.9 Å². The molecule has 2 aromatic carbocycles. The average molecular weight is 383 g/mol. The van der Waals surface area contributed by atoms with Crippen LogP contribution < -0.4 is 10.1 Å². The molecule has 1 amide bonds. The van der Waals surface area contributed by atoms with Crippen LogP contribution in [-0.2, 0) is 11.4 Å². The minimum atomic E-state index is -0.121. The third kappa shape index (κ3) is 5.34. The fourth-order valence-electron chi connectivity index (χ4n) is 2.40. The molecular formula is C20H21N3O3S. The molecule has 1 heterocycles. The van der Waals surface area contributed by atoms with Gasteiger partial charge < -0.3 is 14.5 Å². The smallest absolute Gasteiger partial charge is 0.277 e. The Kier molecular flexibility index (Phi) is 6.13. The number of hydrogen-bond acceptors (Lipinski definition) is 6. The van der Waals surface area contributed by atoms with Crippen LogP contribution in [0, 0.1) is 20.8 Å². The fourth-order valence-corrected chi connectivity index (χ4v) is 2.98. The van der Waals surface area contributed by atoms with Crippen molar-refractivity contribution >= 4 is 23.4 Å². The summed E-state index contributed by atoms with van der Waals surface area (Å²) in [6.45, 7) is 6.11. The van der Waals surface area contributed by atoms with Gasteiger partial charge in [-0.3, -0.25) is 4.79 Å². The number of benzene rings is 2. The van der Waals surface area contributed by atoms with E-state index < -0.39 is 0 Å². The van der Waals surface area contributed by atoms with Crippen molar-refractivity contribution in [2.75, 3.05) is 11.1 Å². The van der Waals surface area contributed by atoms with Crippen molar-refractivity contribution in [3.63, 3.8) is 0 Å². The van der Waals surface area contributed by atoms with Gasteiger partial charge in [0.2, 0.25) is 5.91 Å². The maximum absolute atomic E-state index is 12.2. The first-order valence-corrected chi connectivity index (χ1v) is 9.50. The number of thioether (sulfide) groups is 1. The van der Waals surface area contributed by atoms with E-state index in [1.54, 1.807) is 0 Å². The Morgan fingerprint density at radius 2 is 1.93 bits per heavy atom. The summed E-state index contributed by atoms with van der Waals surface area (Å²) in [5.74, 6) is 1.21. The highest BCUT2D eigenvalue weighted by atomic mass is 32.2. The summed E-state index contributed by atoms with van der Waals surface area (Å²) >= 11 is 1.20. The van der Waals surface area contributed by atoms with Crippen LogP contribution in [0.3, 0.4) is 0 Å². The third-order valence-electron chi connectivity index (χ3n) is 3.89. The summed E-state index contributed by atoms with van der Waals surface area (Å²) < 4.78 is 11.2. The van der Waals surface area contributed by atoms with Crippen molar-refractivity contribution in [2.24, 2.45) is 0 Å². The minimum Gasteiger partial charge on any atom is -0.484 e. The van der Waals surface area contributed by atoms with E-state index in [4.69, 9.17) is 9.15 Å². The molecule has 0 spiro atoms. The number of hydrogen-bond donors (Lipinski definition) is 1. The first-order chi connectivity index (χ1) is 13.0. The number of rotatable bonds is 7. The Hall–Kier alpha value is -2.80. The number of para-hydroxylation sites is 1. The van der Waals surface area contributed by atoms with Crippen LogP contribution in [0.15, 0.2) is 52.1 Å². The second-order valence-corrected chi connectivity index (χ2v) is 7.10. The zero-order chi connectivity index (χ0) is 19.2. The largest absolute Gasteiger partial charge is 0.484 e. The van der Waals surface area contributed by atoms with Crippen LogP contribution in [0.1, 0.15) is 22.6 Å². The molecule has 27 heavy (non-hydrogen) atoms. The molecule has 0 radical (unpaired) electrons. The van der Waals surface area contributed by atoms with Crippen molar-refractivity contribution in [1.82, 2.24) is 10.2 Å². The molecule has 6 nitrogen and oxygen atoms in total. The van der Waals surface area contributed by atoms with Crippen molar-refractivity contribution in [2.45, 2.75) is 32.6 Å². The number of carbonyl (C=O) groups excluding carboxylic acids is 1. The van der Waals surface area contributed by atoms with Gasteiger partial charge in [0.1, 0.15) is 5.75 Å². The predicted molar refractivity (Wildman–Crippen MR) is 105 cm³/mol. The van der Waals surface area contributed by atoms with Gasteiger partial charge in [0.05, 0.1) is 5.75 Å². The molecule has 0 fully saturated rings. The SMILES string of the molecule is Cc1ccc(C)c(NC(=O)CSc2nnc(COc3ccccc3C)o2)c1. The highest BCUT2D eigenvalue weighted by Gasteiger charge is 2.11. The van der Waals surface area contributed by atoms with Gasteiger partial charge in [0.15, 0.2) is 6.61 Å². The fraction of sp³-hybridized carbons (Fsp3) is 0.250. The van der Waals surface area contributed by atoms with Gasteiger partial charge in [-0.05, 0) is 49.6 Å². The van der Waals surface area contributed by atoms with Crippen LogP contribution >= 0.6 is 11.8 Å². The molecule has 0 aliphatic rings. The molecule has 0 aliphatic carbocycles. The average Bonchev–Trinajstić information content (AvgIpc) is 3.10. The van der Waals surface area contributed by atoms with Crippen LogP contribution in [0.25, 0.3) is 0 Å². The minimum absolute atomic E-state index is 0.121. The van der Waals surface area contributed by atoms with Gasteiger partial charge in [-0.25, -0.2) is 0 Å². The summed E-state index contributed by atoms with van der Waals surface area (Å²) in [5, 5.41) is 11.2. The molecule has 1 N–H and O–H groups in total. The molecule has 0 saturated heterocycles. The lowest BCUT2D eigenvalue weighted by atomic mass is 10.1. The first kappa shape index (κ1) is 19.0. The Morgan fingerprint density at radius 1 is 1.11 bits per heavy atom. The molecule has 7 heteroatoms. The molecular weight excluding hydrogens is 362 g/mol. The highest BCUT2D eigenvalue weighted by molar-refractivity contribution is 7.99. The molecule has 140 valence electrons. The normalized spacial score (nSPS) is 10.6.